The number of hydrogen-bond donors (Lipinski definition) is 1. The van der Waals surface area contributed by atoms with Gasteiger partial charge in [-0.3, -0.25) is 4.68 Å². The Morgan fingerprint density at radius 1 is 1.22 bits per heavy atom. The first-order valence-corrected chi connectivity index (χ1v) is 10.3. The van der Waals surface area contributed by atoms with E-state index in [1.807, 2.05) is 19.2 Å². The van der Waals surface area contributed by atoms with Gasteiger partial charge in [0.15, 0.2) is 0 Å². The Morgan fingerprint density at radius 2 is 2.00 bits per heavy atom. The second-order valence-electron chi connectivity index (χ2n) is 8.70. The van der Waals surface area contributed by atoms with Crippen LogP contribution in [0.2, 0.25) is 0 Å². The lowest BCUT2D eigenvalue weighted by Gasteiger charge is -2.34. The van der Waals surface area contributed by atoms with Crippen LogP contribution in [0.4, 0.5) is 5.82 Å². The van der Waals surface area contributed by atoms with E-state index in [4.69, 9.17) is 0 Å². The lowest BCUT2D eigenvalue weighted by Crippen LogP contribution is -2.45. The van der Waals surface area contributed by atoms with Crippen molar-refractivity contribution in [1.82, 2.24) is 25.1 Å². The molecule has 27 heavy (non-hydrogen) atoms. The Morgan fingerprint density at radius 3 is 2.63 bits per heavy atom. The summed E-state index contributed by atoms with van der Waals surface area (Å²) in [6.07, 6.45) is 8.94. The maximum absolute atomic E-state index is 4.69. The minimum Gasteiger partial charge on any atom is -0.356 e. The summed E-state index contributed by atoms with van der Waals surface area (Å²) >= 11 is 0. The number of rotatable bonds is 7. The van der Waals surface area contributed by atoms with Crippen LogP contribution in [-0.4, -0.2) is 45.4 Å². The maximum Gasteiger partial charge on any atom is 0.132 e. The van der Waals surface area contributed by atoms with Crippen molar-refractivity contribution < 1.29 is 0 Å². The molecule has 0 amide bonds. The predicted molar refractivity (Wildman–Crippen MR) is 108 cm³/mol. The smallest absolute Gasteiger partial charge is 0.132 e. The highest BCUT2D eigenvalue weighted by atomic mass is 15.3. The number of nitrogens with one attached hydrogen (secondary N) is 1. The van der Waals surface area contributed by atoms with E-state index in [9.17, 15) is 0 Å². The quantitative estimate of drug-likeness (QED) is 0.814. The van der Waals surface area contributed by atoms with Crippen LogP contribution in [0.25, 0.3) is 0 Å². The maximum atomic E-state index is 4.69. The summed E-state index contributed by atoms with van der Waals surface area (Å²) in [4.78, 5) is 11.7. The van der Waals surface area contributed by atoms with Gasteiger partial charge in [-0.25, -0.2) is 9.97 Å². The Bertz CT molecular complexity index is 742. The van der Waals surface area contributed by atoms with Crippen molar-refractivity contribution in [2.75, 3.05) is 24.5 Å². The average Bonchev–Trinajstić information content (AvgIpc) is 3.23. The van der Waals surface area contributed by atoms with Crippen LogP contribution in [0.5, 0.6) is 0 Å². The molecule has 2 aliphatic rings. The Balaban J connectivity index is 1.28. The van der Waals surface area contributed by atoms with E-state index in [0.717, 1.165) is 43.5 Å². The predicted octanol–water partition coefficient (Wildman–Crippen LogP) is 3.14. The van der Waals surface area contributed by atoms with Crippen LogP contribution in [0.3, 0.4) is 0 Å². The van der Waals surface area contributed by atoms with Gasteiger partial charge < -0.3 is 10.2 Å². The molecular weight excluding hydrogens is 336 g/mol. The van der Waals surface area contributed by atoms with Crippen LogP contribution in [0, 0.1) is 12.3 Å². The van der Waals surface area contributed by atoms with E-state index in [0.29, 0.717) is 17.4 Å². The highest BCUT2D eigenvalue weighted by Gasteiger charge is 2.43. The molecule has 1 aliphatic carbocycles. The molecule has 1 saturated heterocycles. The van der Waals surface area contributed by atoms with E-state index in [-0.39, 0.29) is 0 Å². The monoisotopic (exact) mass is 368 g/mol. The molecule has 146 valence electrons. The molecule has 0 atom stereocenters. The number of nitrogens with zero attached hydrogens (tertiary/aromatic N) is 5. The van der Waals surface area contributed by atoms with E-state index >= 15 is 0 Å². The highest BCUT2D eigenvalue weighted by molar-refractivity contribution is 5.41. The van der Waals surface area contributed by atoms with Gasteiger partial charge in [0, 0.05) is 61.8 Å². The fourth-order valence-corrected chi connectivity index (χ4v) is 4.01. The van der Waals surface area contributed by atoms with Crippen molar-refractivity contribution in [3.05, 3.63) is 36.0 Å². The Hall–Kier alpha value is -1.95. The lowest BCUT2D eigenvalue weighted by molar-refractivity contribution is 0.327. The lowest BCUT2D eigenvalue weighted by atomic mass is 10.0. The molecule has 4 rings (SSSR count). The first-order chi connectivity index (χ1) is 13.0. The van der Waals surface area contributed by atoms with Crippen LogP contribution in [0.1, 0.15) is 57.0 Å². The number of hydrogen-bond acceptors (Lipinski definition) is 5. The van der Waals surface area contributed by atoms with Crippen molar-refractivity contribution >= 4 is 5.82 Å². The number of anilines is 1. The Kier molecular flexibility index (Phi) is 5.17. The molecule has 0 spiro atoms. The molecule has 0 unspecified atom stereocenters. The molecule has 2 aromatic rings. The summed E-state index contributed by atoms with van der Waals surface area (Å²) in [6.45, 7) is 10.7. The van der Waals surface area contributed by atoms with Gasteiger partial charge in [-0.2, -0.15) is 5.10 Å². The molecular formula is C21H32N6. The first kappa shape index (κ1) is 18.4. The molecule has 6 heteroatoms. The first-order valence-electron chi connectivity index (χ1n) is 10.3. The average molecular weight is 369 g/mol. The molecule has 1 N–H and O–H groups in total. The van der Waals surface area contributed by atoms with Gasteiger partial charge in [0.2, 0.25) is 0 Å². The minimum absolute atomic E-state index is 0.430. The van der Waals surface area contributed by atoms with E-state index in [2.05, 4.69) is 56.1 Å². The summed E-state index contributed by atoms with van der Waals surface area (Å²) in [6, 6.07) is 4.80. The third kappa shape index (κ3) is 4.49. The van der Waals surface area contributed by atoms with Crippen molar-refractivity contribution in [2.24, 2.45) is 5.41 Å². The van der Waals surface area contributed by atoms with Crippen LogP contribution >= 0.6 is 0 Å². The summed E-state index contributed by atoms with van der Waals surface area (Å²) < 4.78 is 2.08. The molecule has 0 radical (unpaired) electrons. The van der Waals surface area contributed by atoms with Crippen LogP contribution in [-0.2, 0) is 6.54 Å². The van der Waals surface area contributed by atoms with Gasteiger partial charge in [-0.1, -0.05) is 13.8 Å². The standard InChI is InChI=1S/C21H32N6/c1-16(2)19-13-20(25-17(3)24-19)26-11-5-18(6-12-26)22-14-21(7-8-21)15-27-10-4-9-23-27/h4,9-10,13,16,18,22H,5-8,11-12,14-15H2,1-3H3. The van der Waals surface area contributed by atoms with Gasteiger partial charge in [0.1, 0.15) is 11.6 Å². The minimum atomic E-state index is 0.430. The van der Waals surface area contributed by atoms with Gasteiger partial charge >= 0.3 is 0 Å². The van der Waals surface area contributed by atoms with Crippen molar-refractivity contribution in [2.45, 2.75) is 65.0 Å². The van der Waals surface area contributed by atoms with Gasteiger partial charge in [-0.15, -0.1) is 0 Å². The zero-order valence-corrected chi connectivity index (χ0v) is 16.9. The molecule has 3 heterocycles. The summed E-state index contributed by atoms with van der Waals surface area (Å²) in [5.74, 6) is 2.42. The molecule has 0 bridgehead atoms. The SMILES string of the molecule is Cc1nc(C(C)C)cc(N2CCC(NCC3(Cn4cccn4)CC3)CC2)n1. The molecule has 6 nitrogen and oxygen atoms in total. The van der Waals surface area contributed by atoms with Gasteiger partial charge in [0.05, 0.1) is 0 Å². The zero-order valence-electron chi connectivity index (χ0n) is 16.9. The number of aryl methyl sites for hydroxylation is 1. The third-order valence-electron chi connectivity index (χ3n) is 6.03. The van der Waals surface area contributed by atoms with Crippen LogP contribution < -0.4 is 10.2 Å². The van der Waals surface area contributed by atoms with E-state index < -0.39 is 0 Å². The fourth-order valence-electron chi connectivity index (χ4n) is 4.01. The number of aromatic nitrogens is 4. The zero-order chi connectivity index (χ0) is 18.9. The van der Waals surface area contributed by atoms with E-state index in [1.165, 1.54) is 25.7 Å². The van der Waals surface area contributed by atoms with Gasteiger partial charge in [-0.05, 0) is 44.6 Å². The topological polar surface area (TPSA) is 58.9 Å². The summed E-state index contributed by atoms with van der Waals surface area (Å²) in [5.41, 5.74) is 1.58. The molecule has 0 aromatic carbocycles. The Labute approximate surface area is 162 Å². The van der Waals surface area contributed by atoms with Crippen molar-refractivity contribution in [3.8, 4) is 0 Å². The summed E-state index contributed by atoms with van der Waals surface area (Å²) in [5, 5.41) is 8.23. The molecule has 2 aromatic heterocycles. The highest BCUT2D eigenvalue weighted by Crippen LogP contribution is 2.46. The number of piperidine rings is 1. The summed E-state index contributed by atoms with van der Waals surface area (Å²) in [7, 11) is 0. The normalized spacial score (nSPS) is 19.6. The second-order valence-corrected chi connectivity index (χ2v) is 8.70. The van der Waals surface area contributed by atoms with Crippen molar-refractivity contribution in [3.63, 3.8) is 0 Å². The van der Waals surface area contributed by atoms with E-state index in [1.54, 1.807) is 0 Å². The largest absolute Gasteiger partial charge is 0.356 e. The fraction of sp³-hybridized carbons (Fsp3) is 0.667. The third-order valence-corrected chi connectivity index (χ3v) is 6.03. The second kappa shape index (κ2) is 7.58. The van der Waals surface area contributed by atoms with Crippen LogP contribution in [0.15, 0.2) is 24.5 Å². The molecule has 2 fully saturated rings. The van der Waals surface area contributed by atoms with Gasteiger partial charge in [0.25, 0.3) is 0 Å². The molecule has 1 aliphatic heterocycles. The van der Waals surface area contributed by atoms with Crippen molar-refractivity contribution in [1.29, 1.82) is 0 Å². The molecule has 1 saturated carbocycles.